The van der Waals surface area contributed by atoms with Crippen LogP contribution >= 0.6 is 0 Å². The highest BCUT2D eigenvalue weighted by Crippen LogP contribution is 2.26. The maximum Gasteiger partial charge on any atom is 0.241 e. The summed E-state index contributed by atoms with van der Waals surface area (Å²) in [5, 5.41) is 3.15. The molecule has 0 aromatic heterocycles. The molecule has 3 aromatic carbocycles. The van der Waals surface area contributed by atoms with Gasteiger partial charge in [-0.25, -0.2) is 4.39 Å². The summed E-state index contributed by atoms with van der Waals surface area (Å²) >= 11 is 0. The molecule has 1 atom stereocenters. The summed E-state index contributed by atoms with van der Waals surface area (Å²) in [5.41, 5.74) is 1.69. The molecule has 1 fully saturated rings. The summed E-state index contributed by atoms with van der Waals surface area (Å²) in [7, 11) is 1.63. The van der Waals surface area contributed by atoms with Gasteiger partial charge in [-0.3, -0.25) is 4.79 Å². The molecule has 8 heteroatoms. The van der Waals surface area contributed by atoms with Gasteiger partial charge in [0.25, 0.3) is 0 Å². The summed E-state index contributed by atoms with van der Waals surface area (Å²) in [6.45, 7) is 2.79. The van der Waals surface area contributed by atoms with Crippen LogP contribution in [0, 0.1) is 5.82 Å². The molecule has 1 aliphatic heterocycles. The minimum Gasteiger partial charge on any atom is -0.494 e. The van der Waals surface area contributed by atoms with Crippen LogP contribution in [0.1, 0.15) is 18.4 Å². The van der Waals surface area contributed by atoms with Crippen molar-refractivity contribution in [1.82, 2.24) is 5.32 Å². The van der Waals surface area contributed by atoms with Gasteiger partial charge < -0.3 is 29.2 Å². The molecule has 0 radical (unpaired) electrons. The molecule has 0 saturated carbocycles. The number of carbonyl (C=O) groups excluding carboxylic acids is 1. The number of carbonyl (C=O) groups is 1. The van der Waals surface area contributed by atoms with Gasteiger partial charge in [-0.05, 0) is 66.9 Å². The molecule has 37 heavy (non-hydrogen) atoms. The van der Waals surface area contributed by atoms with Crippen LogP contribution < -0.4 is 24.4 Å². The van der Waals surface area contributed by atoms with Gasteiger partial charge >= 0.3 is 0 Å². The Morgan fingerprint density at radius 2 is 1.62 bits per heavy atom. The number of benzene rings is 3. The molecular formula is C29H33FN2O5. The second-order valence-electron chi connectivity index (χ2n) is 8.74. The van der Waals surface area contributed by atoms with E-state index >= 15 is 0 Å². The van der Waals surface area contributed by atoms with E-state index in [1.807, 2.05) is 48.5 Å². The molecule has 196 valence electrons. The number of rotatable bonds is 13. The van der Waals surface area contributed by atoms with Crippen molar-refractivity contribution in [1.29, 1.82) is 0 Å². The summed E-state index contributed by atoms with van der Waals surface area (Å²) < 4.78 is 35.9. The number of piperazine rings is 1. The van der Waals surface area contributed by atoms with E-state index in [1.54, 1.807) is 24.1 Å². The van der Waals surface area contributed by atoms with Crippen LogP contribution in [0.5, 0.6) is 17.2 Å². The second kappa shape index (κ2) is 13.6. The fourth-order valence-electron chi connectivity index (χ4n) is 4.12. The summed E-state index contributed by atoms with van der Waals surface area (Å²) in [6, 6.07) is 21.2. The number of ether oxygens (including phenoxy) is 4. The first-order chi connectivity index (χ1) is 18.1. The predicted octanol–water partition coefficient (Wildman–Crippen LogP) is 4.59. The number of hydrogen-bond acceptors (Lipinski definition) is 6. The Bertz CT molecular complexity index is 1120. The third-order valence-electron chi connectivity index (χ3n) is 6.03. The lowest BCUT2D eigenvalue weighted by Crippen LogP contribution is -2.57. The van der Waals surface area contributed by atoms with Crippen LogP contribution in [0.4, 0.5) is 10.1 Å². The van der Waals surface area contributed by atoms with Crippen molar-refractivity contribution in [3.8, 4) is 17.2 Å². The monoisotopic (exact) mass is 508 g/mol. The van der Waals surface area contributed by atoms with E-state index < -0.39 is 0 Å². The molecule has 1 heterocycles. The minimum absolute atomic E-state index is 0.00894. The van der Waals surface area contributed by atoms with Gasteiger partial charge in [0.1, 0.15) is 11.6 Å². The number of hydrogen-bond donors (Lipinski definition) is 1. The van der Waals surface area contributed by atoms with Crippen LogP contribution in [-0.2, 0) is 16.1 Å². The normalized spacial score (nSPS) is 15.5. The first-order valence-corrected chi connectivity index (χ1v) is 12.5. The molecule has 1 aliphatic rings. The SMILES string of the molecule is COc1ccccc1OCCCCOc1ccc(N2C(=O)CNC[C@@H]2COCc2ccc(F)cc2)cc1. The van der Waals surface area contributed by atoms with Gasteiger partial charge in [0.2, 0.25) is 5.91 Å². The second-order valence-corrected chi connectivity index (χ2v) is 8.74. The first-order valence-electron chi connectivity index (χ1n) is 12.5. The molecule has 0 aliphatic carbocycles. The van der Waals surface area contributed by atoms with Crippen molar-refractivity contribution in [3.63, 3.8) is 0 Å². The highest BCUT2D eigenvalue weighted by atomic mass is 19.1. The number of unbranched alkanes of at least 4 members (excludes halogenated alkanes) is 1. The molecule has 1 saturated heterocycles. The Kier molecular flexibility index (Phi) is 9.74. The standard InChI is InChI=1S/C29H33FN2O5/c1-34-27-6-2-3-7-28(27)37-17-5-4-16-36-26-14-12-24(13-15-26)32-25(18-31-19-29(32)33)21-35-20-22-8-10-23(30)11-9-22/h2-3,6-15,25,31H,4-5,16-21H2,1H3/t25-/m1/s1. The number of anilines is 1. The zero-order chi connectivity index (χ0) is 25.9. The lowest BCUT2D eigenvalue weighted by atomic mass is 10.1. The zero-order valence-electron chi connectivity index (χ0n) is 21.0. The maximum atomic E-state index is 13.1. The van der Waals surface area contributed by atoms with Crippen LogP contribution in [-0.4, -0.2) is 52.0 Å². The lowest BCUT2D eigenvalue weighted by Gasteiger charge is -2.36. The topological polar surface area (TPSA) is 69.3 Å². The van der Waals surface area contributed by atoms with Gasteiger partial charge in [-0.1, -0.05) is 24.3 Å². The number of para-hydroxylation sites is 2. The molecule has 7 nitrogen and oxygen atoms in total. The van der Waals surface area contributed by atoms with Crippen molar-refractivity contribution in [2.75, 3.05) is 44.9 Å². The Hall–Kier alpha value is -3.62. The molecule has 1 amide bonds. The lowest BCUT2D eigenvalue weighted by molar-refractivity contribution is -0.119. The third kappa shape index (κ3) is 7.68. The number of methoxy groups -OCH3 is 1. The van der Waals surface area contributed by atoms with Gasteiger partial charge in [0.15, 0.2) is 11.5 Å². The van der Waals surface area contributed by atoms with E-state index in [0.717, 1.165) is 41.3 Å². The third-order valence-corrected chi connectivity index (χ3v) is 6.03. The quantitative estimate of drug-likeness (QED) is 0.341. The Labute approximate surface area is 217 Å². The number of nitrogens with zero attached hydrogens (tertiary/aromatic N) is 1. The van der Waals surface area contributed by atoms with Crippen molar-refractivity contribution in [3.05, 3.63) is 84.2 Å². The largest absolute Gasteiger partial charge is 0.494 e. The molecule has 0 spiro atoms. The van der Waals surface area contributed by atoms with Crippen LogP contribution in [0.3, 0.4) is 0 Å². The fourth-order valence-corrected chi connectivity index (χ4v) is 4.12. The van der Waals surface area contributed by atoms with Crippen molar-refractivity contribution in [2.24, 2.45) is 0 Å². The molecular weight excluding hydrogens is 475 g/mol. The molecule has 3 aromatic rings. The number of amides is 1. The number of halogens is 1. The van der Waals surface area contributed by atoms with Crippen LogP contribution in [0.15, 0.2) is 72.8 Å². The maximum absolute atomic E-state index is 13.1. The van der Waals surface area contributed by atoms with Crippen molar-refractivity contribution < 1.29 is 28.1 Å². The summed E-state index contributed by atoms with van der Waals surface area (Å²) in [4.78, 5) is 14.5. The zero-order valence-corrected chi connectivity index (χ0v) is 21.0. The van der Waals surface area contributed by atoms with Gasteiger partial charge in [-0.15, -0.1) is 0 Å². The summed E-state index contributed by atoms with van der Waals surface area (Å²) in [5.74, 6) is 1.93. The highest BCUT2D eigenvalue weighted by molar-refractivity contribution is 5.96. The Morgan fingerprint density at radius 3 is 2.35 bits per heavy atom. The van der Waals surface area contributed by atoms with Crippen molar-refractivity contribution in [2.45, 2.75) is 25.5 Å². The average molecular weight is 509 g/mol. The van der Waals surface area contributed by atoms with E-state index in [1.165, 1.54) is 12.1 Å². The Morgan fingerprint density at radius 1 is 0.919 bits per heavy atom. The van der Waals surface area contributed by atoms with E-state index in [0.29, 0.717) is 33.0 Å². The predicted molar refractivity (Wildman–Crippen MR) is 140 cm³/mol. The minimum atomic E-state index is -0.275. The van der Waals surface area contributed by atoms with E-state index in [2.05, 4.69) is 5.32 Å². The van der Waals surface area contributed by atoms with Gasteiger partial charge in [0, 0.05) is 12.2 Å². The molecule has 4 rings (SSSR count). The Balaban J connectivity index is 1.22. The molecule has 0 bridgehead atoms. The molecule has 0 unspecified atom stereocenters. The molecule has 1 N–H and O–H groups in total. The van der Waals surface area contributed by atoms with E-state index in [-0.39, 0.29) is 24.3 Å². The van der Waals surface area contributed by atoms with E-state index in [4.69, 9.17) is 18.9 Å². The summed E-state index contributed by atoms with van der Waals surface area (Å²) in [6.07, 6.45) is 1.70. The van der Waals surface area contributed by atoms with Gasteiger partial charge in [0.05, 0.1) is 46.1 Å². The van der Waals surface area contributed by atoms with Crippen LogP contribution in [0.25, 0.3) is 0 Å². The average Bonchev–Trinajstić information content (AvgIpc) is 2.92. The van der Waals surface area contributed by atoms with E-state index in [9.17, 15) is 9.18 Å². The van der Waals surface area contributed by atoms with Gasteiger partial charge in [-0.2, -0.15) is 0 Å². The smallest absolute Gasteiger partial charge is 0.241 e. The number of nitrogens with one attached hydrogen (secondary N) is 1. The fraction of sp³-hybridized carbons (Fsp3) is 0.345. The highest BCUT2D eigenvalue weighted by Gasteiger charge is 2.29. The van der Waals surface area contributed by atoms with Crippen LogP contribution in [0.2, 0.25) is 0 Å². The first kappa shape index (κ1) is 26.4. The van der Waals surface area contributed by atoms with Crippen molar-refractivity contribution >= 4 is 11.6 Å².